The Balaban J connectivity index is 1.95. The lowest BCUT2D eigenvalue weighted by atomic mass is 10.2. The molecule has 0 aliphatic heterocycles. The van der Waals surface area contributed by atoms with E-state index in [4.69, 9.17) is 0 Å². The van der Waals surface area contributed by atoms with Gasteiger partial charge in [-0.25, -0.2) is 13.2 Å². The highest BCUT2D eigenvalue weighted by Gasteiger charge is 2.14. The second kappa shape index (κ2) is 6.59. The van der Waals surface area contributed by atoms with E-state index in [1.165, 1.54) is 12.1 Å². The molecule has 0 heterocycles. The Bertz CT molecular complexity index is 754. The molecule has 0 saturated heterocycles. The van der Waals surface area contributed by atoms with E-state index in [2.05, 4.69) is 10.7 Å². The molecule has 0 bridgehead atoms. The predicted octanol–water partition coefficient (Wildman–Crippen LogP) is 2.32. The Kier molecular flexibility index (Phi) is 4.79. The molecule has 0 aliphatic carbocycles. The first kappa shape index (κ1) is 16.0. The Morgan fingerprint density at radius 3 is 1.91 bits per heavy atom. The maximum atomic E-state index is 12.0. The van der Waals surface area contributed by atoms with E-state index < -0.39 is 16.1 Å². The molecule has 7 heteroatoms. The largest absolute Gasteiger partial charge is 0.334 e. The number of hydrogen-bond acceptors (Lipinski definition) is 3. The van der Waals surface area contributed by atoms with Gasteiger partial charge in [-0.2, -0.15) is 0 Å². The zero-order valence-electron chi connectivity index (χ0n) is 12.3. The predicted molar refractivity (Wildman–Crippen MR) is 84.8 cm³/mol. The van der Waals surface area contributed by atoms with Crippen molar-refractivity contribution in [1.82, 2.24) is 10.3 Å². The fourth-order valence-electron chi connectivity index (χ4n) is 1.69. The van der Waals surface area contributed by atoms with Crippen LogP contribution in [0.5, 0.6) is 0 Å². The molecule has 6 nitrogen and oxygen atoms in total. The van der Waals surface area contributed by atoms with Crippen LogP contribution in [0, 0.1) is 13.8 Å². The summed E-state index contributed by atoms with van der Waals surface area (Å²) in [5.74, 6) is 0. The minimum absolute atomic E-state index is 0.0775. The highest BCUT2D eigenvalue weighted by Crippen LogP contribution is 2.10. The van der Waals surface area contributed by atoms with Crippen molar-refractivity contribution in [3.8, 4) is 0 Å². The third-order valence-corrected chi connectivity index (χ3v) is 4.20. The molecule has 0 atom stereocenters. The summed E-state index contributed by atoms with van der Waals surface area (Å²) in [7, 11) is -3.79. The number of hydrazine groups is 1. The van der Waals surface area contributed by atoms with Gasteiger partial charge in [0, 0.05) is 5.69 Å². The van der Waals surface area contributed by atoms with Crippen LogP contribution in [0.3, 0.4) is 0 Å². The highest BCUT2D eigenvalue weighted by atomic mass is 32.2. The van der Waals surface area contributed by atoms with Crippen LogP contribution in [-0.4, -0.2) is 14.4 Å². The third kappa shape index (κ3) is 4.31. The zero-order chi connectivity index (χ0) is 16.2. The van der Waals surface area contributed by atoms with Crippen molar-refractivity contribution in [2.24, 2.45) is 0 Å². The quantitative estimate of drug-likeness (QED) is 0.756. The van der Waals surface area contributed by atoms with Crippen LogP contribution in [0.4, 0.5) is 10.5 Å². The Morgan fingerprint density at radius 1 is 0.864 bits per heavy atom. The SMILES string of the molecule is Cc1ccc(NC(=O)NNS(=O)(=O)c2ccc(C)cc2)cc1. The maximum Gasteiger partial charge on any atom is 0.334 e. The fraction of sp³-hybridized carbons (Fsp3) is 0.133. The number of carbonyl (C=O) groups excluding carboxylic acids is 1. The van der Waals surface area contributed by atoms with Gasteiger partial charge in [0.05, 0.1) is 4.90 Å². The van der Waals surface area contributed by atoms with Crippen molar-refractivity contribution in [3.63, 3.8) is 0 Å². The highest BCUT2D eigenvalue weighted by molar-refractivity contribution is 7.89. The summed E-state index contributed by atoms with van der Waals surface area (Å²) in [6, 6.07) is 12.8. The molecule has 0 unspecified atom stereocenters. The normalized spacial score (nSPS) is 11.0. The average Bonchev–Trinajstić information content (AvgIpc) is 2.48. The van der Waals surface area contributed by atoms with E-state index in [1.807, 2.05) is 30.8 Å². The first-order chi connectivity index (χ1) is 10.4. The minimum atomic E-state index is -3.79. The lowest BCUT2D eigenvalue weighted by Gasteiger charge is -2.10. The van der Waals surface area contributed by atoms with Crippen molar-refractivity contribution in [2.45, 2.75) is 18.7 Å². The van der Waals surface area contributed by atoms with Gasteiger partial charge in [-0.1, -0.05) is 35.4 Å². The van der Waals surface area contributed by atoms with Gasteiger partial charge < -0.3 is 5.32 Å². The van der Waals surface area contributed by atoms with Gasteiger partial charge in [0.1, 0.15) is 0 Å². The molecule has 2 aromatic carbocycles. The van der Waals surface area contributed by atoms with Gasteiger partial charge in [0.2, 0.25) is 0 Å². The molecule has 2 aromatic rings. The number of aryl methyl sites for hydroxylation is 2. The molecule has 3 N–H and O–H groups in total. The summed E-state index contributed by atoms with van der Waals surface area (Å²) >= 11 is 0. The minimum Gasteiger partial charge on any atom is -0.307 e. The summed E-state index contributed by atoms with van der Waals surface area (Å²) < 4.78 is 24.0. The molecular formula is C15H17N3O3S. The number of amides is 2. The second-order valence-electron chi connectivity index (χ2n) is 4.86. The molecule has 2 amide bonds. The van der Waals surface area contributed by atoms with Crippen LogP contribution in [0.2, 0.25) is 0 Å². The van der Waals surface area contributed by atoms with Crippen LogP contribution in [0.15, 0.2) is 53.4 Å². The molecule has 0 saturated carbocycles. The lowest BCUT2D eigenvalue weighted by molar-refractivity contribution is 0.250. The average molecular weight is 319 g/mol. The number of anilines is 1. The lowest BCUT2D eigenvalue weighted by Crippen LogP contribution is -2.43. The van der Waals surface area contributed by atoms with Crippen molar-refractivity contribution < 1.29 is 13.2 Å². The van der Waals surface area contributed by atoms with Gasteiger partial charge in [-0.3, -0.25) is 5.43 Å². The summed E-state index contributed by atoms with van der Waals surface area (Å²) in [4.78, 5) is 13.8. The topological polar surface area (TPSA) is 87.3 Å². The summed E-state index contributed by atoms with van der Waals surface area (Å²) in [6.45, 7) is 3.79. The van der Waals surface area contributed by atoms with Crippen LogP contribution < -0.4 is 15.6 Å². The molecular weight excluding hydrogens is 302 g/mol. The molecule has 0 aromatic heterocycles. The van der Waals surface area contributed by atoms with Crippen molar-refractivity contribution in [3.05, 3.63) is 59.7 Å². The number of carbonyl (C=O) groups is 1. The van der Waals surface area contributed by atoms with E-state index in [0.717, 1.165) is 11.1 Å². The molecule has 0 spiro atoms. The third-order valence-electron chi connectivity index (χ3n) is 2.94. The maximum absolute atomic E-state index is 12.0. The fourth-order valence-corrected chi connectivity index (χ4v) is 2.53. The first-order valence-electron chi connectivity index (χ1n) is 6.59. The molecule has 22 heavy (non-hydrogen) atoms. The number of rotatable bonds is 4. The smallest absolute Gasteiger partial charge is 0.307 e. The Morgan fingerprint density at radius 2 is 1.36 bits per heavy atom. The second-order valence-corrected chi connectivity index (χ2v) is 6.55. The molecule has 2 rings (SSSR count). The summed E-state index contributed by atoms with van der Waals surface area (Å²) in [6.07, 6.45) is 0. The number of sulfonamides is 1. The number of urea groups is 1. The standard InChI is InChI=1S/C15H17N3O3S/c1-11-3-7-13(8-4-11)16-15(19)17-18-22(20,21)14-9-5-12(2)6-10-14/h3-10,18H,1-2H3,(H2,16,17,19). The Hall–Kier alpha value is -2.38. The van der Waals surface area contributed by atoms with E-state index in [0.29, 0.717) is 5.69 Å². The van der Waals surface area contributed by atoms with Gasteiger partial charge in [0.25, 0.3) is 10.0 Å². The summed E-state index contributed by atoms with van der Waals surface area (Å²) in [5.41, 5.74) is 4.69. The molecule has 0 aliphatic rings. The van der Waals surface area contributed by atoms with Crippen LogP contribution >= 0.6 is 0 Å². The van der Waals surface area contributed by atoms with Gasteiger partial charge >= 0.3 is 6.03 Å². The zero-order valence-corrected chi connectivity index (χ0v) is 13.1. The molecule has 0 radical (unpaired) electrons. The first-order valence-corrected chi connectivity index (χ1v) is 8.07. The van der Waals surface area contributed by atoms with E-state index in [9.17, 15) is 13.2 Å². The van der Waals surface area contributed by atoms with Crippen LogP contribution in [0.25, 0.3) is 0 Å². The number of hydrogen-bond donors (Lipinski definition) is 3. The van der Waals surface area contributed by atoms with Crippen molar-refractivity contribution in [2.75, 3.05) is 5.32 Å². The number of benzene rings is 2. The van der Waals surface area contributed by atoms with Crippen molar-refractivity contribution in [1.29, 1.82) is 0 Å². The number of nitrogens with one attached hydrogen (secondary N) is 3. The van der Waals surface area contributed by atoms with E-state index in [-0.39, 0.29) is 4.90 Å². The van der Waals surface area contributed by atoms with Gasteiger partial charge in [-0.05, 0) is 38.1 Å². The van der Waals surface area contributed by atoms with Crippen LogP contribution in [0.1, 0.15) is 11.1 Å². The summed E-state index contributed by atoms with van der Waals surface area (Å²) in [5, 5.41) is 2.53. The van der Waals surface area contributed by atoms with Gasteiger partial charge in [-0.15, -0.1) is 4.83 Å². The van der Waals surface area contributed by atoms with Crippen LogP contribution in [-0.2, 0) is 10.0 Å². The Labute approximate surface area is 129 Å². The monoisotopic (exact) mass is 319 g/mol. The van der Waals surface area contributed by atoms with Gasteiger partial charge in [0.15, 0.2) is 0 Å². The van der Waals surface area contributed by atoms with Crippen molar-refractivity contribution >= 4 is 21.7 Å². The van der Waals surface area contributed by atoms with E-state index in [1.54, 1.807) is 24.3 Å². The van der Waals surface area contributed by atoms with E-state index >= 15 is 0 Å². The molecule has 0 fully saturated rings. The molecule has 116 valence electrons.